The SMILES string of the molecule is COCCN(CCC(=O)Nc1cccc(C#N)c1)C1CC1. The Hall–Kier alpha value is -1.90. The van der Waals surface area contributed by atoms with E-state index in [1.54, 1.807) is 31.4 Å². The molecule has 0 spiro atoms. The maximum atomic E-state index is 12.0. The van der Waals surface area contributed by atoms with Crippen LogP contribution in [0, 0.1) is 11.3 Å². The molecule has 1 aromatic carbocycles. The zero-order valence-electron chi connectivity index (χ0n) is 12.3. The molecule has 1 aliphatic rings. The predicted octanol–water partition coefficient (Wildman–Crippen LogP) is 2.00. The number of amides is 1. The Bertz CT molecular complexity index is 520. The number of nitriles is 1. The van der Waals surface area contributed by atoms with Crippen molar-refractivity contribution in [3.63, 3.8) is 0 Å². The molecule has 0 heterocycles. The fourth-order valence-electron chi connectivity index (χ4n) is 2.26. The van der Waals surface area contributed by atoms with Crippen molar-refractivity contribution in [3.8, 4) is 6.07 Å². The number of rotatable bonds is 8. The monoisotopic (exact) mass is 287 g/mol. The molecule has 1 fully saturated rings. The minimum atomic E-state index is -0.0202. The Morgan fingerprint density at radius 1 is 1.48 bits per heavy atom. The van der Waals surface area contributed by atoms with Gasteiger partial charge in [0, 0.05) is 38.3 Å². The Morgan fingerprint density at radius 2 is 2.29 bits per heavy atom. The molecule has 0 aromatic heterocycles. The van der Waals surface area contributed by atoms with E-state index in [-0.39, 0.29) is 5.91 Å². The fourth-order valence-corrected chi connectivity index (χ4v) is 2.26. The highest BCUT2D eigenvalue weighted by atomic mass is 16.5. The molecule has 112 valence electrons. The van der Waals surface area contributed by atoms with Crippen molar-refractivity contribution < 1.29 is 9.53 Å². The van der Waals surface area contributed by atoms with Gasteiger partial charge in [0.15, 0.2) is 0 Å². The minimum absolute atomic E-state index is 0.0202. The molecular formula is C16H21N3O2. The van der Waals surface area contributed by atoms with Crippen molar-refractivity contribution in [3.05, 3.63) is 29.8 Å². The lowest BCUT2D eigenvalue weighted by molar-refractivity contribution is -0.116. The smallest absolute Gasteiger partial charge is 0.225 e. The summed E-state index contributed by atoms with van der Waals surface area (Å²) in [4.78, 5) is 14.3. The molecule has 0 bridgehead atoms. The van der Waals surface area contributed by atoms with Crippen LogP contribution in [0.2, 0.25) is 0 Å². The summed E-state index contributed by atoms with van der Waals surface area (Å²) < 4.78 is 5.11. The highest BCUT2D eigenvalue weighted by Gasteiger charge is 2.28. The van der Waals surface area contributed by atoms with E-state index in [1.807, 2.05) is 0 Å². The molecule has 0 radical (unpaired) electrons. The number of carbonyl (C=O) groups is 1. The number of nitrogens with zero attached hydrogens (tertiary/aromatic N) is 2. The molecular weight excluding hydrogens is 266 g/mol. The molecule has 1 aliphatic carbocycles. The third-order valence-corrected chi connectivity index (χ3v) is 3.55. The van der Waals surface area contributed by atoms with Crippen LogP contribution in [0.3, 0.4) is 0 Å². The highest BCUT2D eigenvalue weighted by Crippen LogP contribution is 2.26. The molecule has 5 nitrogen and oxygen atoms in total. The number of anilines is 1. The molecule has 2 rings (SSSR count). The predicted molar refractivity (Wildman–Crippen MR) is 80.9 cm³/mol. The average molecular weight is 287 g/mol. The third-order valence-electron chi connectivity index (χ3n) is 3.55. The van der Waals surface area contributed by atoms with Gasteiger partial charge in [-0.15, -0.1) is 0 Å². The minimum Gasteiger partial charge on any atom is -0.383 e. The van der Waals surface area contributed by atoms with Gasteiger partial charge in [-0.25, -0.2) is 0 Å². The van der Waals surface area contributed by atoms with E-state index in [0.29, 0.717) is 30.3 Å². The van der Waals surface area contributed by atoms with Gasteiger partial charge in [0.05, 0.1) is 18.2 Å². The number of ether oxygens (including phenoxy) is 1. The Balaban J connectivity index is 1.79. The lowest BCUT2D eigenvalue weighted by atomic mass is 10.2. The first-order valence-electron chi connectivity index (χ1n) is 7.26. The van der Waals surface area contributed by atoms with E-state index < -0.39 is 0 Å². The highest BCUT2D eigenvalue weighted by molar-refractivity contribution is 5.90. The molecule has 1 saturated carbocycles. The lowest BCUT2D eigenvalue weighted by Gasteiger charge is -2.21. The van der Waals surface area contributed by atoms with Crippen LogP contribution in [-0.2, 0) is 9.53 Å². The Kier molecular flexibility index (Phi) is 5.73. The van der Waals surface area contributed by atoms with Crippen molar-refractivity contribution in [2.45, 2.75) is 25.3 Å². The molecule has 21 heavy (non-hydrogen) atoms. The quantitative estimate of drug-likeness (QED) is 0.794. The van der Waals surface area contributed by atoms with E-state index >= 15 is 0 Å². The van der Waals surface area contributed by atoms with Gasteiger partial charge in [-0.1, -0.05) is 6.07 Å². The number of hydrogen-bond donors (Lipinski definition) is 1. The second kappa shape index (κ2) is 7.77. The van der Waals surface area contributed by atoms with Gasteiger partial charge in [-0.3, -0.25) is 9.69 Å². The molecule has 0 aliphatic heterocycles. The molecule has 0 unspecified atom stereocenters. The van der Waals surface area contributed by atoms with Gasteiger partial charge >= 0.3 is 0 Å². The molecule has 1 amide bonds. The zero-order valence-corrected chi connectivity index (χ0v) is 12.3. The summed E-state index contributed by atoms with van der Waals surface area (Å²) in [7, 11) is 1.69. The van der Waals surface area contributed by atoms with Crippen LogP contribution in [0.15, 0.2) is 24.3 Å². The van der Waals surface area contributed by atoms with Crippen molar-refractivity contribution in [1.82, 2.24) is 4.90 Å². The van der Waals surface area contributed by atoms with Crippen molar-refractivity contribution in [2.24, 2.45) is 0 Å². The standard InChI is InChI=1S/C16H21N3O2/c1-21-10-9-19(15-5-6-15)8-7-16(20)18-14-4-2-3-13(11-14)12-17/h2-4,11,15H,5-10H2,1H3,(H,18,20). The van der Waals surface area contributed by atoms with Crippen LogP contribution < -0.4 is 5.32 Å². The Morgan fingerprint density at radius 3 is 2.95 bits per heavy atom. The van der Waals surface area contributed by atoms with Crippen LogP contribution in [0.4, 0.5) is 5.69 Å². The second-order valence-electron chi connectivity index (χ2n) is 5.25. The van der Waals surface area contributed by atoms with Crippen LogP contribution in [-0.4, -0.2) is 43.7 Å². The lowest BCUT2D eigenvalue weighted by Crippen LogP contribution is -2.32. The van der Waals surface area contributed by atoms with Gasteiger partial charge in [0.1, 0.15) is 0 Å². The molecule has 5 heteroatoms. The number of methoxy groups -OCH3 is 1. The summed E-state index contributed by atoms with van der Waals surface area (Å²) in [5, 5.41) is 11.7. The van der Waals surface area contributed by atoms with E-state index in [4.69, 9.17) is 10.00 Å². The van der Waals surface area contributed by atoms with Gasteiger partial charge in [-0.05, 0) is 31.0 Å². The van der Waals surface area contributed by atoms with Crippen LogP contribution in [0.25, 0.3) is 0 Å². The van der Waals surface area contributed by atoms with E-state index in [2.05, 4.69) is 16.3 Å². The summed E-state index contributed by atoms with van der Waals surface area (Å²) in [6, 6.07) is 9.64. The van der Waals surface area contributed by atoms with Gasteiger partial charge in [0.25, 0.3) is 0 Å². The number of hydrogen-bond acceptors (Lipinski definition) is 4. The van der Waals surface area contributed by atoms with E-state index in [1.165, 1.54) is 12.8 Å². The van der Waals surface area contributed by atoms with Crippen LogP contribution >= 0.6 is 0 Å². The average Bonchev–Trinajstić information content (AvgIpc) is 3.32. The first-order chi connectivity index (χ1) is 10.2. The molecule has 0 saturated heterocycles. The number of nitrogens with one attached hydrogen (secondary N) is 1. The van der Waals surface area contributed by atoms with Gasteiger partial charge < -0.3 is 10.1 Å². The van der Waals surface area contributed by atoms with E-state index in [0.717, 1.165) is 13.1 Å². The van der Waals surface area contributed by atoms with Crippen molar-refractivity contribution in [2.75, 3.05) is 32.1 Å². The second-order valence-corrected chi connectivity index (χ2v) is 5.25. The molecule has 1 N–H and O–H groups in total. The maximum absolute atomic E-state index is 12.0. The third kappa shape index (κ3) is 5.18. The molecule has 0 atom stereocenters. The number of benzene rings is 1. The van der Waals surface area contributed by atoms with Crippen LogP contribution in [0.5, 0.6) is 0 Å². The largest absolute Gasteiger partial charge is 0.383 e. The summed E-state index contributed by atoms with van der Waals surface area (Å²) in [5.74, 6) is -0.0202. The first-order valence-corrected chi connectivity index (χ1v) is 7.26. The zero-order chi connectivity index (χ0) is 15.1. The topological polar surface area (TPSA) is 65.4 Å². The van der Waals surface area contributed by atoms with Gasteiger partial charge in [-0.2, -0.15) is 5.26 Å². The maximum Gasteiger partial charge on any atom is 0.225 e. The fraction of sp³-hybridized carbons (Fsp3) is 0.500. The van der Waals surface area contributed by atoms with Crippen molar-refractivity contribution in [1.29, 1.82) is 5.26 Å². The summed E-state index contributed by atoms with van der Waals surface area (Å²) in [6.45, 7) is 2.32. The first kappa shape index (κ1) is 15.5. The van der Waals surface area contributed by atoms with E-state index in [9.17, 15) is 4.79 Å². The van der Waals surface area contributed by atoms with Gasteiger partial charge in [0.2, 0.25) is 5.91 Å². The Labute approximate surface area is 125 Å². The number of carbonyl (C=O) groups excluding carboxylic acids is 1. The summed E-state index contributed by atoms with van der Waals surface area (Å²) >= 11 is 0. The molecule has 1 aromatic rings. The van der Waals surface area contributed by atoms with Crippen LogP contribution in [0.1, 0.15) is 24.8 Å². The normalized spacial score (nSPS) is 14.0. The summed E-state index contributed by atoms with van der Waals surface area (Å²) in [6.07, 6.45) is 2.89. The summed E-state index contributed by atoms with van der Waals surface area (Å²) in [5.41, 5.74) is 1.22. The van der Waals surface area contributed by atoms with Crippen molar-refractivity contribution >= 4 is 11.6 Å².